The molecule has 1 rings (SSSR count). The normalized spacial score (nSPS) is 22.1. The molecule has 76 valence electrons. The molecule has 0 heterocycles. The van der Waals surface area contributed by atoms with Crippen molar-refractivity contribution >= 4 is 0 Å². The van der Waals surface area contributed by atoms with Crippen LogP contribution in [0.25, 0.3) is 0 Å². The van der Waals surface area contributed by atoms with Crippen LogP contribution in [0.1, 0.15) is 26.2 Å². The van der Waals surface area contributed by atoms with E-state index in [4.69, 9.17) is 4.74 Å². The summed E-state index contributed by atoms with van der Waals surface area (Å²) in [6.45, 7) is 5.85. The third-order valence-corrected chi connectivity index (χ3v) is 2.44. The fourth-order valence-corrected chi connectivity index (χ4v) is 1.64. The molecular weight excluding hydrogens is 162 g/mol. The van der Waals surface area contributed by atoms with Crippen molar-refractivity contribution in [3.8, 4) is 0 Å². The van der Waals surface area contributed by atoms with E-state index in [0.717, 1.165) is 32.2 Å². The van der Waals surface area contributed by atoms with Crippen LogP contribution in [-0.4, -0.2) is 26.3 Å². The third-order valence-electron chi connectivity index (χ3n) is 2.44. The predicted octanol–water partition coefficient (Wildman–Crippen LogP) is 1.97. The molecule has 13 heavy (non-hydrogen) atoms. The van der Waals surface area contributed by atoms with Gasteiger partial charge < -0.3 is 10.1 Å². The van der Waals surface area contributed by atoms with Gasteiger partial charge in [0.2, 0.25) is 0 Å². The quantitative estimate of drug-likeness (QED) is 0.502. The summed E-state index contributed by atoms with van der Waals surface area (Å²) in [5.74, 6) is 0.853. The Morgan fingerprint density at radius 1 is 1.46 bits per heavy atom. The highest BCUT2D eigenvalue weighted by Crippen LogP contribution is 2.16. The standard InChI is InChI=1S/C11H21NO/c1-2-13-9-8-12-10-11-6-4-3-5-7-11/h3-4,11-12H,2,5-10H2,1H3/t11-/m1/s1. The van der Waals surface area contributed by atoms with E-state index in [1.807, 2.05) is 6.92 Å². The average molecular weight is 183 g/mol. The minimum Gasteiger partial charge on any atom is -0.380 e. The lowest BCUT2D eigenvalue weighted by Crippen LogP contribution is -2.26. The highest BCUT2D eigenvalue weighted by molar-refractivity contribution is 4.90. The fraction of sp³-hybridized carbons (Fsp3) is 0.818. The number of hydrogen-bond acceptors (Lipinski definition) is 2. The second-order valence-corrected chi connectivity index (χ2v) is 3.55. The van der Waals surface area contributed by atoms with Gasteiger partial charge in [-0.05, 0) is 38.6 Å². The Hall–Kier alpha value is -0.340. The summed E-state index contributed by atoms with van der Waals surface area (Å²) in [6.07, 6.45) is 8.45. The summed E-state index contributed by atoms with van der Waals surface area (Å²) < 4.78 is 5.25. The van der Waals surface area contributed by atoms with Gasteiger partial charge in [-0.1, -0.05) is 12.2 Å². The minimum atomic E-state index is 0.827. The van der Waals surface area contributed by atoms with Crippen molar-refractivity contribution in [3.63, 3.8) is 0 Å². The minimum absolute atomic E-state index is 0.827. The van der Waals surface area contributed by atoms with E-state index in [2.05, 4.69) is 17.5 Å². The molecule has 0 bridgehead atoms. The van der Waals surface area contributed by atoms with E-state index < -0.39 is 0 Å². The van der Waals surface area contributed by atoms with E-state index in [-0.39, 0.29) is 0 Å². The smallest absolute Gasteiger partial charge is 0.0590 e. The van der Waals surface area contributed by atoms with Crippen molar-refractivity contribution in [2.75, 3.05) is 26.3 Å². The van der Waals surface area contributed by atoms with Crippen molar-refractivity contribution in [1.29, 1.82) is 0 Å². The Kier molecular flexibility index (Phi) is 5.87. The average Bonchev–Trinajstić information content (AvgIpc) is 2.19. The second-order valence-electron chi connectivity index (χ2n) is 3.55. The van der Waals surface area contributed by atoms with Crippen LogP contribution < -0.4 is 5.32 Å². The number of hydrogen-bond donors (Lipinski definition) is 1. The van der Waals surface area contributed by atoms with Gasteiger partial charge in [0.25, 0.3) is 0 Å². The zero-order valence-electron chi connectivity index (χ0n) is 8.59. The highest BCUT2D eigenvalue weighted by Gasteiger charge is 2.08. The molecule has 1 aliphatic rings. The van der Waals surface area contributed by atoms with Gasteiger partial charge in [0.15, 0.2) is 0 Å². The van der Waals surface area contributed by atoms with E-state index in [0.29, 0.717) is 0 Å². The first-order valence-electron chi connectivity index (χ1n) is 5.37. The maximum absolute atomic E-state index is 5.25. The van der Waals surface area contributed by atoms with Crippen LogP contribution in [0, 0.1) is 5.92 Å². The lowest BCUT2D eigenvalue weighted by Gasteiger charge is -2.17. The molecule has 0 spiro atoms. The van der Waals surface area contributed by atoms with Crippen LogP contribution >= 0.6 is 0 Å². The third kappa shape index (κ3) is 5.06. The van der Waals surface area contributed by atoms with Gasteiger partial charge in [-0.15, -0.1) is 0 Å². The van der Waals surface area contributed by atoms with Crippen molar-refractivity contribution < 1.29 is 4.74 Å². The largest absolute Gasteiger partial charge is 0.380 e. The van der Waals surface area contributed by atoms with Gasteiger partial charge in [0, 0.05) is 13.2 Å². The van der Waals surface area contributed by atoms with Gasteiger partial charge in [-0.3, -0.25) is 0 Å². The van der Waals surface area contributed by atoms with Gasteiger partial charge in [-0.2, -0.15) is 0 Å². The zero-order chi connectivity index (χ0) is 9.36. The van der Waals surface area contributed by atoms with E-state index in [1.54, 1.807) is 0 Å². The molecule has 0 amide bonds. The molecule has 0 aromatic carbocycles. The molecule has 2 nitrogen and oxygen atoms in total. The zero-order valence-corrected chi connectivity index (χ0v) is 8.59. The number of rotatable bonds is 6. The molecular formula is C11H21NO. The van der Waals surface area contributed by atoms with Gasteiger partial charge in [0.1, 0.15) is 0 Å². The lowest BCUT2D eigenvalue weighted by atomic mass is 9.94. The van der Waals surface area contributed by atoms with Crippen LogP contribution in [0.3, 0.4) is 0 Å². The monoisotopic (exact) mass is 183 g/mol. The summed E-state index contributed by atoms with van der Waals surface area (Å²) in [5, 5.41) is 3.43. The summed E-state index contributed by atoms with van der Waals surface area (Å²) >= 11 is 0. The topological polar surface area (TPSA) is 21.3 Å². The fourth-order valence-electron chi connectivity index (χ4n) is 1.64. The maximum atomic E-state index is 5.25. The first-order chi connectivity index (χ1) is 6.43. The molecule has 0 radical (unpaired) electrons. The molecule has 0 aliphatic heterocycles. The van der Waals surface area contributed by atoms with Gasteiger partial charge in [0.05, 0.1) is 6.61 Å². The Labute approximate surface area is 81.4 Å². The van der Waals surface area contributed by atoms with Gasteiger partial charge in [-0.25, -0.2) is 0 Å². The Balaban J connectivity index is 1.90. The Bertz CT molecular complexity index is 145. The van der Waals surface area contributed by atoms with Crippen LogP contribution in [0.15, 0.2) is 12.2 Å². The molecule has 1 aliphatic carbocycles. The number of ether oxygens (including phenoxy) is 1. The molecule has 0 unspecified atom stereocenters. The summed E-state index contributed by atoms with van der Waals surface area (Å²) in [5.41, 5.74) is 0. The molecule has 0 aromatic heterocycles. The van der Waals surface area contributed by atoms with Crippen LogP contribution in [0.4, 0.5) is 0 Å². The first-order valence-corrected chi connectivity index (χ1v) is 5.37. The molecule has 0 saturated carbocycles. The first kappa shape index (κ1) is 10.7. The summed E-state index contributed by atoms with van der Waals surface area (Å²) in [4.78, 5) is 0. The van der Waals surface area contributed by atoms with E-state index in [1.165, 1.54) is 19.3 Å². The van der Waals surface area contributed by atoms with Crippen LogP contribution in [0.5, 0.6) is 0 Å². The SMILES string of the molecule is CCOCCNC[C@@H]1CC=CCC1. The number of allylic oxidation sites excluding steroid dienone is 2. The number of nitrogens with one attached hydrogen (secondary N) is 1. The molecule has 1 atom stereocenters. The van der Waals surface area contributed by atoms with E-state index >= 15 is 0 Å². The highest BCUT2D eigenvalue weighted by atomic mass is 16.5. The lowest BCUT2D eigenvalue weighted by molar-refractivity contribution is 0.148. The van der Waals surface area contributed by atoms with Crippen LogP contribution in [0.2, 0.25) is 0 Å². The Morgan fingerprint density at radius 3 is 3.08 bits per heavy atom. The van der Waals surface area contributed by atoms with Gasteiger partial charge >= 0.3 is 0 Å². The second kappa shape index (κ2) is 7.10. The van der Waals surface area contributed by atoms with E-state index in [9.17, 15) is 0 Å². The van der Waals surface area contributed by atoms with Crippen molar-refractivity contribution in [1.82, 2.24) is 5.32 Å². The van der Waals surface area contributed by atoms with Crippen molar-refractivity contribution in [3.05, 3.63) is 12.2 Å². The summed E-state index contributed by atoms with van der Waals surface area (Å²) in [6, 6.07) is 0. The van der Waals surface area contributed by atoms with Crippen molar-refractivity contribution in [2.24, 2.45) is 5.92 Å². The molecule has 0 saturated heterocycles. The molecule has 0 aromatic rings. The Morgan fingerprint density at radius 2 is 2.38 bits per heavy atom. The molecule has 1 N–H and O–H groups in total. The summed E-state index contributed by atoms with van der Waals surface area (Å²) in [7, 11) is 0. The maximum Gasteiger partial charge on any atom is 0.0590 e. The van der Waals surface area contributed by atoms with Crippen molar-refractivity contribution in [2.45, 2.75) is 26.2 Å². The molecule has 0 fully saturated rings. The molecule has 2 heteroatoms. The predicted molar refractivity (Wildman–Crippen MR) is 55.8 cm³/mol. The van der Waals surface area contributed by atoms with Crippen LogP contribution in [-0.2, 0) is 4.74 Å².